The van der Waals surface area contributed by atoms with Gasteiger partial charge in [0.1, 0.15) is 0 Å². The molecule has 1 rings (SSSR count). The number of benzene rings is 1. The van der Waals surface area contributed by atoms with Crippen LogP contribution in [0.3, 0.4) is 0 Å². The van der Waals surface area contributed by atoms with Gasteiger partial charge < -0.3 is 9.16 Å². The predicted molar refractivity (Wildman–Crippen MR) is 79.5 cm³/mol. The fourth-order valence-corrected chi connectivity index (χ4v) is 4.69. The second kappa shape index (κ2) is 8.46. The number of rotatable bonds is 9. The third-order valence-corrected chi connectivity index (χ3v) is 8.36. The lowest BCUT2D eigenvalue weighted by molar-refractivity contribution is 0.146. The lowest BCUT2D eigenvalue weighted by Gasteiger charge is -2.26. The number of ether oxygens (including phenoxy) is 1. The lowest BCUT2D eigenvalue weighted by Crippen LogP contribution is -2.36. The summed E-state index contributed by atoms with van der Waals surface area (Å²) < 4.78 is 11.5. The molecule has 0 amide bonds. The van der Waals surface area contributed by atoms with Crippen molar-refractivity contribution in [3.63, 3.8) is 0 Å². The van der Waals surface area contributed by atoms with Crippen LogP contribution in [-0.2, 0) is 15.6 Å². The Kier molecular flexibility index (Phi) is 7.24. The van der Waals surface area contributed by atoms with Gasteiger partial charge in [-0.15, -0.1) is 0 Å². The van der Waals surface area contributed by atoms with E-state index in [1.807, 2.05) is 13.2 Å². The average Bonchev–Trinajstić information content (AvgIpc) is 2.45. The fourth-order valence-electron chi connectivity index (χ4n) is 2.19. The van der Waals surface area contributed by atoms with Crippen LogP contribution in [0.15, 0.2) is 30.3 Å². The summed E-state index contributed by atoms with van der Waals surface area (Å²) in [7, 11) is 0.393. The Balaban J connectivity index is 2.18. The first-order valence-electron chi connectivity index (χ1n) is 6.93. The molecule has 0 aliphatic rings. The van der Waals surface area contributed by atoms with Crippen molar-refractivity contribution in [2.75, 3.05) is 20.3 Å². The van der Waals surface area contributed by atoms with Crippen LogP contribution >= 0.6 is 0 Å². The maximum atomic E-state index is 5.76. The maximum Gasteiger partial charge on any atom is 0.193 e. The van der Waals surface area contributed by atoms with Crippen LogP contribution < -0.4 is 0 Å². The molecule has 0 saturated carbocycles. The van der Waals surface area contributed by atoms with Crippen molar-refractivity contribution in [2.45, 2.75) is 38.4 Å². The van der Waals surface area contributed by atoms with Gasteiger partial charge in [0.2, 0.25) is 0 Å². The molecular formula is C15H26O2Si. The Morgan fingerprint density at radius 3 is 2.22 bits per heavy atom. The standard InChI is InChI=1S/C15H26O2Si/c1-4-18(5-2,16-3)14-13-17-12-11-15-9-7-6-8-10-15/h6-10H,4-5,11-14H2,1-3H3. The van der Waals surface area contributed by atoms with Crippen LogP contribution in [0.4, 0.5) is 0 Å². The Bertz CT molecular complexity index is 301. The minimum atomic E-state index is -1.47. The van der Waals surface area contributed by atoms with Gasteiger partial charge >= 0.3 is 0 Å². The molecule has 102 valence electrons. The minimum absolute atomic E-state index is 0.811. The van der Waals surface area contributed by atoms with E-state index in [4.69, 9.17) is 9.16 Å². The van der Waals surface area contributed by atoms with Gasteiger partial charge in [0.05, 0.1) is 6.61 Å². The predicted octanol–water partition coefficient (Wildman–Crippen LogP) is 3.88. The highest BCUT2D eigenvalue weighted by molar-refractivity contribution is 6.73. The topological polar surface area (TPSA) is 18.5 Å². The molecule has 0 aromatic heterocycles. The molecule has 18 heavy (non-hydrogen) atoms. The highest BCUT2D eigenvalue weighted by atomic mass is 28.4. The monoisotopic (exact) mass is 266 g/mol. The zero-order valence-electron chi connectivity index (χ0n) is 11.9. The quantitative estimate of drug-likeness (QED) is 0.499. The van der Waals surface area contributed by atoms with E-state index in [0.717, 1.165) is 25.7 Å². The van der Waals surface area contributed by atoms with Crippen molar-refractivity contribution >= 4 is 8.32 Å². The van der Waals surface area contributed by atoms with Gasteiger partial charge in [-0.2, -0.15) is 0 Å². The molecule has 0 heterocycles. The summed E-state index contributed by atoms with van der Waals surface area (Å²) in [6.45, 7) is 6.13. The number of hydrogen-bond donors (Lipinski definition) is 0. The summed E-state index contributed by atoms with van der Waals surface area (Å²) in [5.74, 6) is 0. The van der Waals surface area contributed by atoms with E-state index in [2.05, 4.69) is 38.1 Å². The van der Waals surface area contributed by atoms with Crippen LogP contribution in [0, 0.1) is 0 Å². The van der Waals surface area contributed by atoms with Gasteiger partial charge in [0.15, 0.2) is 8.32 Å². The van der Waals surface area contributed by atoms with Crippen molar-refractivity contribution in [3.05, 3.63) is 35.9 Å². The fraction of sp³-hybridized carbons (Fsp3) is 0.600. The van der Waals surface area contributed by atoms with Crippen LogP contribution in [0.5, 0.6) is 0 Å². The zero-order valence-corrected chi connectivity index (χ0v) is 12.9. The van der Waals surface area contributed by atoms with Crippen molar-refractivity contribution in [3.8, 4) is 0 Å². The van der Waals surface area contributed by atoms with E-state index in [9.17, 15) is 0 Å². The van der Waals surface area contributed by atoms with Crippen LogP contribution in [0.25, 0.3) is 0 Å². The van der Waals surface area contributed by atoms with E-state index in [0.29, 0.717) is 0 Å². The highest BCUT2D eigenvalue weighted by Crippen LogP contribution is 2.20. The first-order valence-corrected chi connectivity index (χ1v) is 9.46. The molecule has 0 fully saturated rings. The first-order chi connectivity index (χ1) is 8.76. The summed E-state index contributed by atoms with van der Waals surface area (Å²) in [6, 6.07) is 14.0. The van der Waals surface area contributed by atoms with E-state index in [1.165, 1.54) is 17.7 Å². The molecule has 2 nitrogen and oxygen atoms in total. The average molecular weight is 266 g/mol. The molecule has 0 aliphatic carbocycles. The molecule has 0 bridgehead atoms. The molecule has 0 spiro atoms. The zero-order chi connectivity index (χ0) is 13.3. The summed E-state index contributed by atoms with van der Waals surface area (Å²) >= 11 is 0. The maximum absolute atomic E-state index is 5.76. The van der Waals surface area contributed by atoms with Gasteiger partial charge in [0, 0.05) is 13.7 Å². The molecule has 0 unspecified atom stereocenters. The van der Waals surface area contributed by atoms with E-state index in [1.54, 1.807) is 0 Å². The molecular weight excluding hydrogens is 240 g/mol. The van der Waals surface area contributed by atoms with Crippen LogP contribution in [0.1, 0.15) is 19.4 Å². The van der Waals surface area contributed by atoms with Gasteiger partial charge in [-0.05, 0) is 30.1 Å². The second-order valence-corrected chi connectivity index (χ2v) is 9.38. The third kappa shape index (κ3) is 4.92. The van der Waals surface area contributed by atoms with Gasteiger partial charge in [-0.3, -0.25) is 0 Å². The Morgan fingerprint density at radius 2 is 1.67 bits per heavy atom. The van der Waals surface area contributed by atoms with Crippen molar-refractivity contribution < 1.29 is 9.16 Å². The summed E-state index contributed by atoms with van der Waals surface area (Å²) in [6.07, 6.45) is 1.00. The number of hydrogen-bond acceptors (Lipinski definition) is 2. The normalized spacial score (nSPS) is 11.7. The van der Waals surface area contributed by atoms with E-state index < -0.39 is 8.32 Å². The van der Waals surface area contributed by atoms with E-state index >= 15 is 0 Å². The van der Waals surface area contributed by atoms with E-state index in [-0.39, 0.29) is 0 Å². The molecule has 0 N–H and O–H groups in total. The van der Waals surface area contributed by atoms with Crippen LogP contribution in [0.2, 0.25) is 18.1 Å². The summed E-state index contributed by atoms with van der Waals surface area (Å²) in [5, 5.41) is 0. The molecule has 3 heteroatoms. The van der Waals surface area contributed by atoms with Gasteiger partial charge in [-0.1, -0.05) is 44.2 Å². The van der Waals surface area contributed by atoms with Crippen molar-refractivity contribution in [2.24, 2.45) is 0 Å². The minimum Gasteiger partial charge on any atom is -0.420 e. The first kappa shape index (κ1) is 15.4. The molecule has 0 atom stereocenters. The smallest absolute Gasteiger partial charge is 0.193 e. The Hall–Kier alpha value is -0.643. The Morgan fingerprint density at radius 1 is 1.00 bits per heavy atom. The van der Waals surface area contributed by atoms with Gasteiger partial charge in [0.25, 0.3) is 0 Å². The Labute approximate surface area is 112 Å². The lowest BCUT2D eigenvalue weighted by atomic mass is 10.2. The molecule has 0 saturated heterocycles. The molecule has 0 aliphatic heterocycles. The van der Waals surface area contributed by atoms with Crippen molar-refractivity contribution in [1.82, 2.24) is 0 Å². The molecule has 0 radical (unpaired) electrons. The second-order valence-electron chi connectivity index (χ2n) is 4.69. The highest BCUT2D eigenvalue weighted by Gasteiger charge is 2.28. The molecule has 1 aromatic rings. The SMILES string of the molecule is CC[Si](CC)(CCOCCc1ccccc1)OC. The van der Waals surface area contributed by atoms with Crippen LogP contribution in [-0.4, -0.2) is 28.6 Å². The largest absolute Gasteiger partial charge is 0.420 e. The van der Waals surface area contributed by atoms with Crippen molar-refractivity contribution in [1.29, 1.82) is 0 Å². The third-order valence-electron chi connectivity index (χ3n) is 3.80. The summed E-state index contributed by atoms with van der Waals surface area (Å²) in [5.41, 5.74) is 1.35. The summed E-state index contributed by atoms with van der Waals surface area (Å²) in [4.78, 5) is 0. The molecule has 1 aromatic carbocycles. The van der Waals surface area contributed by atoms with Gasteiger partial charge in [-0.25, -0.2) is 0 Å².